The summed E-state index contributed by atoms with van der Waals surface area (Å²) >= 11 is 0. The zero-order chi connectivity index (χ0) is 14.5. The van der Waals surface area contributed by atoms with Crippen LogP contribution in [0, 0.1) is 6.92 Å². The standard InChI is InChI=1S/C13H18N6O/c1-4-19(9-11-8-6-5-7-10(11)2)13(20)14-12-15-17-18(3)16-12/h5-8H,4,9H2,1-3H3,(H,14,16,20). The topological polar surface area (TPSA) is 75.9 Å². The third-order valence-electron chi connectivity index (χ3n) is 3.02. The van der Waals surface area contributed by atoms with Crippen molar-refractivity contribution in [2.24, 2.45) is 7.05 Å². The second-order valence-corrected chi connectivity index (χ2v) is 4.47. The van der Waals surface area contributed by atoms with E-state index >= 15 is 0 Å². The molecule has 2 rings (SSSR count). The maximum atomic E-state index is 12.2. The predicted octanol–water partition coefficient (Wildman–Crippen LogP) is 1.57. The molecule has 1 heterocycles. The molecule has 7 nitrogen and oxygen atoms in total. The maximum absolute atomic E-state index is 12.2. The van der Waals surface area contributed by atoms with Gasteiger partial charge < -0.3 is 4.90 Å². The quantitative estimate of drug-likeness (QED) is 0.918. The van der Waals surface area contributed by atoms with Crippen molar-refractivity contribution in [3.8, 4) is 0 Å². The van der Waals surface area contributed by atoms with Gasteiger partial charge in [0.2, 0.25) is 0 Å². The molecule has 106 valence electrons. The monoisotopic (exact) mass is 274 g/mol. The van der Waals surface area contributed by atoms with Gasteiger partial charge in [-0.15, -0.1) is 5.10 Å². The highest BCUT2D eigenvalue weighted by molar-refractivity contribution is 5.87. The van der Waals surface area contributed by atoms with Crippen LogP contribution in [0.2, 0.25) is 0 Å². The van der Waals surface area contributed by atoms with Crippen molar-refractivity contribution in [2.75, 3.05) is 11.9 Å². The Kier molecular flexibility index (Phi) is 4.29. The van der Waals surface area contributed by atoms with E-state index in [2.05, 4.69) is 20.7 Å². The van der Waals surface area contributed by atoms with Gasteiger partial charge in [0, 0.05) is 13.1 Å². The number of tetrazole rings is 1. The van der Waals surface area contributed by atoms with Crippen molar-refractivity contribution in [2.45, 2.75) is 20.4 Å². The predicted molar refractivity (Wildman–Crippen MR) is 75.1 cm³/mol. The molecule has 0 fully saturated rings. The Morgan fingerprint density at radius 2 is 2.15 bits per heavy atom. The number of hydrogen-bond acceptors (Lipinski definition) is 4. The van der Waals surface area contributed by atoms with Crippen molar-refractivity contribution in [3.63, 3.8) is 0 Å². The Labute approximate surface area is 117 Å². The fraction of sp³-hybridized carbons (Fsp3) is 0.385. The summed E-state index contributed by atoms with van der Waals surface area (Å²) in [5.74, 6) is 0.209. The molecule has 0 aliphatic carbocycles. The largest absolute Gasteiger partial charge is 0.324 e. The SMILES string of the molecule is CCN(Cc1ccccc1C)C(=O)Nc1nnn(C)n1. The fourth-order valence-electron chi connectivity index (χ4n) is 1.83. The minimum atomic E-state index is -0.233. The smallest absolute Gasteiger partial charge is 0.320 e. The maximum Gasteiger partial charge on any atom is 0.324 e. The first-order chi connectivity index (χ1) is 9.60. The number of urea groups is 1. The summed E-state index contributed by atoms with van der Waals surface area (Å²) in [5, 5.41) is 14.0. The average Bonchev–Trinajstić information content (AvgIpc) is 2.83. The Morgan fingerprint density at radius 3 is 2.75 bits per heavy atom. The van der Waals surface area contributed by atoms with Crippen LogP contribution < -0.4 is 5.32 Å². The average molecular weight is 274 g/mol. The van der Waals surface area contributed by atoms with Gasteiger partial charge in [-0.3, -0.25) is 5.32 Å². The van der Waals surface area contributed by atoms with E-state index in [4.69, 9.17) is 0 Å². The van der Waals surface area contributed by atoms with Crippen LogP contribution in [0.3, 0.4) is 0 Å². The molecule has 0 radical (unpaired) electrons. The molecule has 0 unspecified atom stereocenters. The van der Waals surface area contributed by atoms with E-state index in [0.29, 0.717) is 13.1 Å². The lowest BCUT2D eigenvalue weighted by molar-refractivity contribution is 0.212. The molecule has 0 atom stereocenters. The molecule has 0 bridgehead atoms. The molecule has 0 saturated heterocycles. The first-order valence-electron chi connectivity index (χ1n) is 6.44. The molecule has 1 aromatic heterocycles. The molecular formula is C13H18N6O. The number of aryl methyl sites for hydroxylation is 2. The number of aromatic nitrogens is 4. The van der Waals surface area contributed by atoms with E-state index < -0.39 is 0 Å². The number of nitrogens with one attached hydrogen (secondary N) is 1. The van der Waals surface area contributed by atoms with Crippen LogP contribution in [0.15, 0.2) is 24.3 Å². The van der Waals surface area contributed by atoms with Crippen LogP contribution >= 0.6 is 0 Å². The van der Waals surface area contributed by atoms with E-state index in [1.165, 1.54) is 4.80 Å². The Balaban J connectivity index is 2.04. The minimum Gasteiger partial charge on any atom is -0.320 e. The Hall–Kier alpha value is -2.44. The number of benzene rings is 1. The highest BCUT2D eigenvalue weighted by atomic mass is 16.2. The summed E-state index contributed by atoms with van der Waals surface area (Å²) in [7, 11) is 1.65. The first-order valence-corrected chi connectivity index (χ1v) is 6.44. The van der Waals surface area contributed by atoms with Crippen molar-refractivity contribution in [1.82, 2.24) is 25.1 Å². The lowest BCUT2D eigenvalue weighted by Crippen LogP contribution is -2.34. The highest BCUT2D eigenvalue weighted by Gasteiger charge is 2.15. The number of hydrogen-bond donors (Lipinski definition) is 1. The van der Waals surface area contributed by atoms with Gasteiger partial charge in [0.05, 0.1) is 7.05 Å². The van der Waals surface area contributed by atoms with Crippen molar-refractivity contribution in [1.29, 1.82) is 0 Å². The fourth-order valence-corrected chi connectivity index (χ4v) is 1.83. The first kappa shape index (κ1) is 14.0. The molecular weight excluding hydrogens is 256 g/mol. The van der Waals surface area contributed by atoms with Gasteiger partial charge in [-0.2, -0.15) is 4.80 Å². The molecule has 1 aromatic carbocycles. The van der Waals surface area contributed by atoms with E-state index in [1.54, 1.807) is 11.9 Å². The molecule has 7 heteroatoms. The summed E-state index contributed by atoms with van der Waals surface area (Å²) in [6.07, 6.45) is 0. The minimum absolute atomic E-state index is 0.209. The Bertz CT molecular complexity index is 594. The van der Waals surface area contributed by atoms with E-state index in [1.807, 2.05) is 38.1 Å². The second kappa shape index (κ2) is 6.14. The molecule has 0 saturated carbocycles. The molecule has 0 aliphatic rings. The summed E-state index contributed by atoms with van der Waals surface area (Å²) < 4.78 is 0. The number of carbonyl (C=O) groups is 1. The zero-order valence-electron chi connectivity index (χ0n) is 11.9. The van der Waals surface area contributed by atoms with Crippen molar-refractivity contribution >= 4 is 12.0 Å². The highest BCUT2D eigenvalue weighted by Crippen LogP contribution is 2.11. The van der Waals surface area contributed by atoms with Crippen LogP contribution in [0.5, 0.6) is 0 Å². The Morgan fingerprint density at radius 1 is 1.40 bits per heavy atom. The lowest BCUT2D eigenvalue weighted by atomic mass is 10.1. The number of nitrogens with zero attached hydrogens (tertiary/aromatic N) is 5. The van der Waals surface area contributed by atoms with Crippen LogP contribution in [-0.2, 0) is 13.6 Å². The number of anilines is 1. The summed E-state index contributed by atoms with van der Waals surface area (Å²) in [6, 6.07) is 7.78. The number of rotatable bonds is 4. The third-order valence-corrected chi connectivity index (χ3v) is 3.02. The number of amides is 2. The normalized spacial score (nSPS) is 10.3. The molecule has 1 N–H and O–H groups in total. The van der Waals surface area contributed by atoms with E-state index in [0.717, 1.165) is 11.1 Å². The molecule has 0 aliphatic heterocycles. The second-order valence-electron chi connectivity index (χ2n) is 4.47. The van der Waals surface area contributed by atoms with Gasteiger partial charge in [-0.1, -0.05) is 29.4 Å². The van der Waals surface area contributed by atoms with Crippen LogP contribution in [0.25, 0.3) is 0 Å². The van der Waals surface area contributed by atoms with E-state index in [-0.39, 0.29) is 12.0 Å². The van der Waals surface area contributed by atoms with Gasteiger partial charge in [-0.25, -0.2) is 4.79 Å². The van der Waals surface area contributed by atoms with Crippen molar-refractivity contribution in [3.05, 3.63) is 35.4 Å². The van der Waals surface area contributed by atoms with Crippen LogP contribution in [-0.4, -0.2) is 37.7 Å². The third kappa shape index (κ3) is 3.31. The summed E-state index contributed by atoms with van der Waals surface area (Å²) in [4.78, 5) is 15.2. The molecule has 2 aromatic rings. The molecule has 2 amide bonds. The number of carbonyl (C=O) groups excluding carboxylic acids is 1. The summed E-state index contributed by atoms with van der Waals surface area (Å²) in [6.45, 7) is 5.11. The lowest BCUT2D eigenvalue weighted by Gasteiger charge is -2.21. The zero-order valence-corrected chi connectivity index (χ0v) is 11.9. The summed E-state index contributed by atoms with van der Waals surface area (Å²) in [5.41, 5.74) is 2.29. The van der Waals surface area contributed by atoms with Gasteiger partial charge in [0.15, 0.2) is 0 Å². The van der Waals surface area contributed by atoms with Gasteiger partial charge in [0.25, 0.3) is 5.95 Å². The van der Waals surface area contributed by atoms with Gasteiger partial charge in [-0.05, 0) is 30.2 Å². The molecule has 0 spiro atoms. The molecule has 20 heavy (non-hydrogen) atoms. The van der Waals surface area contributed by atoms with Crippen LogP contribution in [0.4, 0.5) is 10.7 Å². The van der Waals surface area contributed by atoms with E-state index in [9.17, 15) is 4.79 Å². The van der Waals surface area contributed by atoms with Gasteiger partial charge >= 0.3 is 6.03 Å². The van der Waals surface area contributed by atoms with Gasteiger partial charge in [0.1, 0.15) is 0 Å². The van der Waals surface area contributed by atoms with Crippen molar-refractivity contribution < 1.29 is 4.79 Å². The van der Waals surface area contributed by atoms with Crippen LogP contribution in [0.1, 0.15) is 18.1 Å².